The summed E-state index contributed by atoms with van der Waals surface area (Å²) in [6.45, 7) is 6.17. The zero-order valence-electron chi connectivity index (χ0n) is 21.8. The summed E-state index contributed by atoms with van der Waals surface area (Å²) >= 11 is 0. The summed E-state index contributed by atoms with van der Waals surface area (Å²) in [7, 11) is 1.59. The second-order valence-corrected chi connectivity index (χ2v) is 9.12. The van der Waals surface area contributed by atoms with Crippen molar-refractivity contribution in [3.8, 4) is 5.75 Å². The predicted molar refractivity (Wildman–Crippen MR) is 144 cm³/mol. The zero-order valence-corrected chi connectivity index (χ0v) is 21.8. The van der Waals surface area contributed by atoms with Gasteiger partial charge in [0.15, 0.2) is 5.78 Å². The molecule has 1 aliphatic carbocycles. The van der Waals surface area contributed by atoms with E-state index in [-0.39, 0.29) is 17.3 Å². The van der Waals surface area contributed by atoms with E-state index in [1.54, 1.807) is 31.4 Å². The van der Waals surface area contributed by atoms with Gasteiger partial charge in [-0.1, -0.05) is 18.5 Å². The van der Waals surface area contributed by atoms with Crippen molar-refractivity contribution in [1.82, 2.24) is 4.57 Å². The van der Waals surface area contributed by atoms with Crippen LogP contribution in [-0.2, 0) is 27.4 Å². The number of carbonyl (C=O) groups is 3. The fraction of sp³-hybridized carbons (Fsp3) is 0.333. The Labute approximate surface area is 216 Å². The predicted octanol–water partition coefficient (Wildman–Crippen LogP) is 5.91. The topological polar surface area (TPSA) is 87.0 Å². The molecular formula is C30H32N2O5. The summed E-state index contributed by atoms with van der Waals surface area (Å²) in [4.78, 5) is 42.8. The normalized spacial score (nSPS) is 13.2. The Morgan fingerprint density at radius 1 is 1.00 bits per heavy atom. The van der Waals surface area contributed by atoms with Crippen molar-refractivity contribution < 1.29 is 24.0 Å². The fourth-order valence-corrected chi connectivity index (χ4v) is 4.80. The van der Waals surface area contributed by atoms with E-state index < -0.39 is 5.97 Å². The van der Waals surface area contributed by atoms with Crippen LogP contribution in [0.4, 0.5) is 0 Å². The molecule has 1 aromatic heterocycles. The van der Waals surface area contributed by atoms with Gasteiger partial charge in [-0.25, -0.2) is 4.79 Å². The minimum absolute atomic E-state index is 0.0750. The molecule has 1 heterocycles. The van der Waals surface area contributed by atoms with Crippen molar-refractivity contribution >= 4 is 40.2 Å². The minimum atomic E-state index is -0.554. The summed E-state index contributed by atoms with van der Waals surface area (Å²) in [6.07, 6.45) is 5.31. The number of hydrogen-bond acceptors (Lipinski definition) is 6. The SMILES string of the molecule is CCCC/C(=N\OC(C)=O)C(=O)C1=Cc2c(n(CC)c3ccc(C(=O)c4ccc(OC)cc4)cc23)CC1. The van der Waals surface area contributed by atoms with E-state index in [4.69, 9.17) is 9.57 Å². The highest BCUT2D eigenvalue weighted by atomic mass is 16.7. The maximum atomic E-state index is 13.4. The molecule has 37 heavy (non-hydrogen) atoms. The van der Waals surface area contributed by atoms with Gasteiger partial charge >= 0.3 is 5.97 Å². The first kappa shape index (κ1) is 26.1. The van der Waals surface area contributed by atoms with Crippen LogP contribution < -0.4 is 4.74 Å². The van der Waals surface area contributed by atoms with Crippen molar-refractivity contribution in [2.45, 2.75) is 59.4 Å². The maximum Gasteiger partial charge on any atom is 0.331 e. The third kappa shape index (κ3) is 5.40. The molecule has 0 saturated carbocycles. The number of hydrogen-bond donors (Lipinski definition) is 0. The summed E-state index contributed by atoms with van der Waals surface area (Å²) in [6, 6.07) is 12.8. The highest BCUT2D eigenvalue weighted by molar-refractivity contribution is 6.46. The Bertz CT molecular complexity index is 1410. The molecule has 7 nitrogen and oxygen atoms in total. The van der Waals surface area contributed by atoms with E-state index in [1.807, 2.05) is 31.2 Å². The number of ketones is 2. The molecule has 1 aliphatic rings. The van der Waals surface area contributed by atoms with Crippen LogP contribution in [0.25, 0.3) is 17.0 Å². The summed E-state index contributed by atoms with van der Waals surface area (Å²) in [5.41, 5.74) is 5.20. The van der Waals surface area contributed by atoms with E-state index in [0.29, 0.717) is 41.7 Å². The van der Waals surface area contributed by atoms with Gasteiger partial charge in [-0.05, 0) is 81.1 Å². The number of ether oxygens (including phenoxy) is 1. The molecule has 0 aliphatic heterocycles. The third-order valence-electron chi connectivity index (χ3n) is 6.70. The first-order valence-corrected chi connectivity index (χ1v) is 12.7. The quantitative estimate of drug-likeness (QED) is 0.150. The van der Waals surface area contributed by atoms with Crippen molar-refractivity contribution in [3.05, 3.63) is 70.4 Å². The minimum Gasteiger partial charge on any atom is -0.497 e. The van der Waals surface area contributed by atoms with E-state index in [1.165, 1.54) is 6.92 Å². The second kappa shape index (κ2) is 11.4. The Hall–Kier alpha value is -4.00. The number of methoxy groups -OCH3 is 1. The van der Waals surface area contributed by atoms with Gasteiger partial charge in [0.1, 0.15) is 11.5 Å². The zero-order chi connectivity index (χ0) is 26.5. The van der Waals surface area contributed by atoms with Crippen LogP contribution in [0.1, 0.15) is 73.6 Å². The van der Waals surface area contributed by atoms with Crippen LogP contribution in [0, 0.1) is 0 Å². The summed E-state index contributed by atoms with van der Waals surface area (Å²) < 4.78 is 7.45. The van der Waals surface area contributed by atoms with Crippen molar-refractivity contribution in [1.29, 1.82) is 0 Å². The van der Waals surface area contributed by atoms with Gasteiger partial charge in [-0.3, -0.25) is 9.59 Å². The number of Topliss-reactive ketones (excluding diaryl/α,β-unsaturated/α-hetero) is 1. The lowest BCUT2D eigenvalue weighted by Gasteiger charge is -2.16. The standard InChI is InChI=1S/C30H32N2O5/c1-5-7-8-26(31-37-19(3)33)30(35)22-12-16-28-25(18-22)24-17-21(11-15-27(24)32(28)6-2)29(34)20-9-13-23(36-4)14-10-20/h9-11,13-15,17-18H,5-8,12,16H2,1-4H3/b31-26+. The molecular weight excluding hydrogens is 468 g/mol. The van der Waals surface area contributed by atoms with Crippen LogP contribution in [0.5, 0.6) is 5.75 Å². The summed E-state index contributed by atoms with van der Waals surface area (Å²) in [5.74, 6) is -0.127. The Kier molecular flexibility index (Phi) is 8.01. The molecule has 0 radical (unpaired) electrons. The molecule has 0 unspecified atom stereocenters. The number of aromatic nitrogens is 1. The third-order valence-corrected chi connectivity index (χ3v) is 6.70. The molecule has 2 aromatic carbocycles. The number of oxime groups is 1. The van der Waals surface area contributed by atoms with Crippen molar-refractivity contribution in [2.24, 2.45) is 5.16 Å². The molecule has 0 saturated heterocycles. The average molecular weight is 501 g/mol. The largest absolute Gasteiger partial charge is 0.497 e. The number of unbranched alkanes of at least 4 members (excludes halogenated alkanes) is 1. The highest BCUT2D eigenvalue weighted by Gasteiger charge is 2.26. The van der Waals surface area contributed by atoms with Gasteiger partial charge in [0, 0.05) is 52.3 Å². The van der Waals surface area contributed by atoms with Gasteiger partial charge in [0.25, 0.3) is 0 Å². The van der Waals surface area contributed by atoms with Crippen LogP contribution in [0.15, 0.2) is 53.2 Å². The molecule has 0 N–H and O–H groups in total. The molecule has 0 atom stereocenters. The van der Waals surface area contributed by atoms with E-state index in [0.717, 1.165) is 41.5 Å². The molecule has 0 bridgehead atoms. The highest BCUT2D eigenvalue weighted by Crippen LogP contribution is 2.35. The van der Waals surface area contributed by atoms with Gasteiger partial charge in [0.05, 0.1) is 7.11 Å². The number of nitrogens with zero attached hydrogens (tertiary/aromatic N) is 2. The lowest BCUT2D eigenvalue weighted by atomic mass is 9.90. The van der Waals surface area contributed by atoms with Crippen molar-refractivity contribution in [3.63, 3.8) is 0 Å². The Morgan fingerprint density at radius 2 is 1.73 bits per heavy atom. The molecule has 0 fully saturated rings. The molecule has 192 valence electrons. The smallest absolute Gasteiger partial charge is 0.331 e. The number of carbonyl (C=O) groups excluding carboxylic acids is 3. The molecule has 0 amide bonds. The number of rotatable bonds is 10. The number of allylic oxidation sites excluding steroid dienone is 1. The monoisotopic (exact) mass is 500 g/mol. The van der Waals surface area contributed by atoms with Gasteiger partial charge < -0.3 is 14.1 Å². The molecule has 7 heteroatoms. The average Bonchev–Trinajstić information content (AvgIpc) is 3.24. The maximum absolute atomic E-state index is 13.4. The number of benzene rings is 2. The number of fused-ring (bicyclic) bond motifs is 3. The lowest BCUT2D eigenvalue weighted by Crippen LogP contribution is -2.20. The van der Waals surface area contributed by atoms with Gasteiger partial charge in [-0.2, -0.15) is 0 Å². The van der Waals surface area contributed by atoms with Crippen LogP contribution in [-0.4, -0.2) is 34.9 Å². The van der Waals surface area contributed by atoms with Gasteiger partial charge in [0.2, 0.25) is 5.78 Å². The van der Waals surface area contributed by atoms with Crippen LogP contribution in [0.3, 0.4) is 0 Å². The fourth-order valence-electron chi connectivity index (χ4n) is 4.80. The van der Waals surface area contributed by atoms with Gasteiger partial charge in [-0.15, -0.1) is 0 Å². The molecule has 4 rings (SSSR count). The summed E-state index contributed by atoms with van der Waals surface area (Å²) in [5, 5.41) is 4.81. The van der Waals surface area contributed by atoms with E-state index in [9.17, 15) is 14.4 Å². The van der Waals surface area contributed by atoms with E-state index in [2.05, 4.69) is 16.6 Å². The first-order valence-electron chi connectivity index (χ1n) is 12.7. The molecule has 0 spiro atoms. The number of aryl methyl sites for hydroxylation is 1. The Morgan fingerprint density at radius 3 is 2.38 bits per heavy atom. The first-order chi connectivity index (χ1) is 17.9. The lowest BCUT2D eigenvalue weighted by molar-refractivity contribution is -0.140. The van der Waals surface area contributed by atoms with Crippen molar-refractivity contribution in [2.75, 3.05) is 7.11 Å². The second-order valence-electron chi connectivity index (χ2n) is 9.12. The molecule has 3 aromatic rings. The van der Waals surface area contributed by atoms with Crippen LogP contribution in [0.2, 0.25) is 0 Å². The van der Waals surface area contributed by atoms with E-state index >= 15 is 0 Å². The van der Waals surface area contributed by atoms with Crippen LogP contribution >= 0.6 is 0 Å². The Balaban J connectivity index is 1.75.